The summed E-state index contributed by atoms with van der Waals surface area (Å²) in [6.45, 7) is 4.79. The van der Waals surface area contributed by atoms with Gasteiger partial charge >= 0.3 is 18.9 Å². The predicted molar refractivity (Wildman–Crippen MR) is 44.5 cm³/mol. The third-order valence-electron chi connectivity index (χ3n) is 2.52. The van der Waals surface area contributed by atoms with Crippen molar-refractivity contribution in [3.05, 3.63) is 0 Å². The van der Waals surface area contributed by atoms with Crippen LogP contribution in [0.5, 0.6) is 0 Å². The number of hydrogen-bond donors (Lipinski definition) is 0. The monoisotopic (exact) mass is 177 g/mol. The molecule has 1 aliphatic heterocycles. The molecule has 0 saturated carbocycles. The Balaban J connectivity index is 0.00000144. The van der Waals surface area contributed by atoms with Gasteiger partial charge in [-0.1, -0.05) is 20.3 Å². The maximum atomic E-state index is 11.6. The molecule has 0 aromatic heterocycles. The molecule has 1 amide bonds. The van der Waals surface area contributed by atoms with E-state index >= 15 is 0 Å². The van der Waals surface area contributed by atoms with Crippen LogP contribution >= 0.6 is 0 Å². The van der Waals surface area contributed by atoms with Crippen molar-refractivity contribution in [2.45, 2.75) is 38.7 Å². The fourth-order valence-corrected chi connectivity index (χ4v) is 1.41. The van der Waals surface area contributed by atoms with Gasteiger partial charge in [-0.2, -0.15) is 0 Å². The molecule has 0 spiro atoms. The Labute approximate surface area is 91.7 Å². The van der Waals surface area contributed by atoms with Crippen molar-refractivity contribution in [2.24, 2.45) is 0 Å². The molecular weight excluding hydrogens is 161 g/mol. The normalized spacial score (nSPS) is 20.7. The van der Waals surface area contributed by atoms with Crippen LogP contribution in [0.1, 0.15) is 33.1 Å². The topological polar surface area (TPSA) is 43.4 Å². The van der Waals surface area contributed by atoms with E-state index in [1.165, 1.54) is 6.92 Å². The largest absolute Gasteiger partial charge is 1.00 e. The molecule has 0 bridgehead atoms. The molecule has 4 heteroatoms. The van der Waals surface area contributed by atoms with Gasteiger partial charge in [0, 0.05) is 13.1 Å². The number of amides is 1. The van der Waals surface area contributed by atoms with E-state index in [4.69, 9.17) is 0 Å². The summed E-state index contributed by atoms with van der Waals surface area (Å²) >= 11 is 0. The molecule has 0 N–H and O–H groups in total. The second-order valence-electron chi connectivity index (χ2n) is 3.58. The minimum Gasteiger partial charge on any atom is -0.843 e. The zero-order valence-electron chi connectivity index (χ0n) is 8.80. The molecule has 0 aliphatic carbocycles. The number of likely N-dealkylation sites (tertiary alicyclic amines) is 1. The second kappa shape index (κ2) is 5.04. The second-order valence-corrected chi connectivity index (χ2v) is 3.58. The number of rotatable bonds is 2. The van der Waals surface area contributed by atoms with Crippen LogP contribution in [0.3, 0.4) is 0 Å². The van der Waals surface area contributed by atoms with Crippen LogP contribution in [0.25, 0.3) is 0 Å². The molecule has 70 valence electrons. The summed E-state index contributed by atoms with van der Waals surface area (Å²) in [5.74, 6) is -0.220. The predicted octanol–water partition coefficient (Wildman–Crippen LogP) is -2.86. The van der Waals surface area contributed by atoms with E-state index in [0.29, 0.717) is 6.42 Å². The Morgan fingerprint density at radius 1 is 1.46 bits per heavy atom. The molecule has 0 unspecified atom stereocenters. The molecule has 1 atom stereocenters. The van der Waals surface area contributed by atoms with Gasteiger partial charge in [-0.15, -0.1) is 0 Å². The van der Waals surface area contributed by atoms with Crippen LogP contribution in [-0.2, 0) is 4.79 Å². The summed E-state index contributed by atoms with van der Waals surface area (Å²) in [4.78, 5) is 13.2. The maximum absolute atomic E-state index is 11.6. The molecule has 1 heterocycles. The minimum absolute atomic E-state index is 0. The van der Waals surface area contributed by atoms with Crippen LogP contribution in [0.4, 0.5) is 0 Å². The van der Waals surface area contributed by atoms with Crippen molar-refractivity contribution in [3.63, 3.8) is 0 Å². The Bertz CT molecular complexity index is 176. The summed E-state index contributed by atoms with van der Waals surface area (Å²) in [7, 11) is 0. The third-order valence-corrected chi connectivity index (χ3v) is 2.52. The molecule has 1 rings (SSSR count). The summed E-state index contributed by atoms with van der Waals surface area (Å²) in [5, 5.41) is 11.6. The van der Waals surface area contributed by atoms with Crippen LogP contribution in [0, 0.1) is 0 Å². The van der Waals surface area contributed by atoms with Crippen molar-refractivity contribution in [2.75, 3.05) is 13.1 Å². The molecule has 13 heavy (non-hydrogen) atoms. The van der Waals surface area contributed by atoms with Crippen molar-refractivity contribution in [1.82, 2.24) is 4.90 Å². The van der Waals surface area contributed by atoms with E-state index < -0.39 is 5.60 Å². The summed E-state index contributed by atoms with van der Waals surface area (Å²) < 4.78 is 0. The van der Waals surface area contributed by atoms with Crippen LogP contribution in [0.15, 0.2) is 0 Å². The zero-order valence-corrected chi connectivity index (χ0v) is 8.80. The number of hydrogen-bond acceptors (Lipinski definition) is 2. The molecule has 1 aliphatic rings. The minimum atomic E-state index is -1.40. The Hall–Kier alpha value is 0.0274. The van der Waals surface area contributed by atoms with Gasteiger partial charge < -0.3 is 10.0 Å². The van der Waals surface area contributed by atoms with Gasteiger partial charge in [0.25, 0.3) is 0 Å². The standard InChI is InChI=1S/C9H16NO2.Li/c1-3-9(2,12)8(11)10-6-4-5-7-10;/h3-7H2,1-2H3;/q-1;+1/t9-;/m0./s1. The van der Waals surface area contributed by atoms with Gasteiger partial charge in [-0.25, -0.2) is 0 Å². The van der Waals surface area contributed by atoms with Crippen molar-refractivity contribution in [1.29, 1.82) is 0 Å². The smallest absolute Gasteiger partial charge is 0.843 e. The van der Waals surface area contributed by atoms with E-state index in [2.05, 4.69) is 0 Å². The quantitative estimate of drug-likeness (QED) is 0.426. The zero-order chi connectivity index (χ0) is 9.19. The first-order chi connectivity index (χ1) is 5.58. The van der Waals surface area contributed by atoms with E-state index in [-0.39, 0.29) is 24.8 Å². The summed E-state index contributed by atoms with van der Waals surface area (Å²) in [5.41, 5.74) is -1.40. The van der Waals surface area contributed by atoms with Crippen molar-refractivity contribution >= 4 is 5.91 Å². The van der Waals surface area contributed by atoms with Crippen LogP contribution in [-0.4, -0.2) is 29.5 Å². The molecular formula is C9H16LiNO2. The SMILES string of the molecule is CC[C@](C)([O-])C(=O)N1CCCC1.[Li+]. The number of nitrogens with zero attached hydrogens (tertiary/aromatic N) is 1. The Morgan fingerprint density at radius 2 is 1.92 bits per heavy atom. The van der Waals surface area contributed by atoms with Gasteiger partial charge in [0.15, 0.2) is 0 Å². The summed E-state index contributed by atoms with van der Waals surface area (Å²) in [6.07, 6.45) is 2.47. The van der Waals surface area contributed by atoms with Crippen LogP contribution in [0.2, 0.25) is 0 Å². The fourth-order valence-electron chi connectivity index (χ4n) is 1.41. The number of carbonyl (C=O) groups excluding carboxylic acids is 1. The van der Waals surface area contributed by atoms with E-state index in [1.807, 2.05) is 0 Å². The van der Waals surface area contributed by atoms with Gasteiger partial charge in [-0.05, 0) is 18.4 Å². The van der Waals surface area contributed by atoms with Crippen molar-refractivity contribution in [3.8, 4) is 0 Å². The first-order valence-electron chi connectivity index (χ1n) is 4.57. The molecule has 0 aromatic rings. The molecule has 1 saturated heterocycles. The molecule has 0 aromatic carbocycles. The van der Waals surface area contributed by atoms with E-state index in [0.717, 1.165) is 25.9 Å². The van der Waals surface area contributed by atoms with Gasteiger partial charge in [0.05, 0.1) is 0 Å². The van der Waals surface area contributed by atoms with E-state index in [1.54, 1.807) is 11.8 Å². The van der Waals surface area contributed by atoms with Gasteiger partial charge in [0.2, 0.25) is 5.91 Å². The summed E-state index contributed by atoms with van der Waals surface area (Å²) in [6, 6.07) is 0. The Morgan fingerprint density at radius 3 is 2.31 bits per heavy atom. The average molecular weight is 177 g/mol. The maximum Gasteiger partial charge on any atom is 1.00 e. The number of carbonyl (C=O) groups is 1. The average Bonchev–Trinajstić information content (AvgIpc) is 2.55. The molecule has 0 radical (unpaired) electrons. The first-order valence-corrected chi connectivity index (χ1v) is 4.57. The Kier molecular flexibility index (Phi) is 5.06. The third kappa shape index (κ3) is 3.02. The van der Waals surface area contributed by atoms with Gasteiger partial charge in [-0.3, -0.25) is 4.79 Å². The fraction of sp³-hybridized carbons (Fsp3) is 0.889. The first kappa shape index (κ1) is 13.0. The molecule has 1 fully saturated rings. The van der Waals surface area contributed by atoms with Crippen LogP contribution < -0.4 is 24.0 Å². The molecule has 3 nitrogen and oxygen atoms in total. The van der Waals surface area contributed by atoms with Crippen molar-refractivity contribution < 1.29 is 28.8 Å². The van der Waals surface area contributed by atoms with E-state index in [9.17, 15) is 9.90 Å². The van der Waals surface area contributed by atoms with Gasteiger partial charge in [0.1, 0.15) is 0 Å².